The van der Waals surface area contributed by atoms with E-state index >= 15 is 0 Å². The maximum atomic E-state index is 2.45. The van der Waals surface area contributed by atoms with E-state index in [0.29, 0.717) is 0 Å². The summed E-state index contributed by atoms with van der Waals surface area (Å²) in [5, 5.41) is 4.98. The number of rotatable bonds is 13. The van der Waals surface area contributed by atoms with Crippen molar-refractivity contribution in [3.8, 4) is 78.1 Å². The highest BCUT2D eigenvalue weighted by atomic mass is 15.1. The van der Waals surface area contributed by atoms with E-state index in [1.807, 2.05) is 0 Å². The molecular weight excluding hydrogens is 1250 g/mol. The van der Waals surface area contributed by atoms with Crippen molar-refractivity contribution in [3.05, 3.63) is 412 Å². The van der Waals surface area contributed by atoms with Crippen LogP contribution in [0.15, 0.2) is 400 Å². The fourth-order valence-electron chi connectivity index (χ4n) is 15.6. The topological polar surface area (TPSA) is 16.3 Å². The van der Waals surface area contributed by atoms with Crippen molar-refractivity contribution in [2.45, 2.75) is 19.3 Å². The van der Waals surface area contributed by atoms with Gasteiger partial charge in [0.05, 0.1) is 22.1 Å². The van der Waals surface area contributed by atoms with Gasteiger partial charge in [0.2, 0.25) is 0 Å². The summed E-state index contributed by atoms with van der Waals surface area (Å²) in [5.41, 5.74) is 31.3. The molecule has 0 aliphatic heterocycles. The summed E-state index contributed by atoms with van der Waals surface area (Å²) in [7, 11) is 0. The first-order valence-electron chi connectivity index (χ1n) is 35.5. The van der Waals surface area contributed by atoms with Gasteiger partial charge >= 0.3 is 0 Å². The SMILES string of the molecule is CC1(C)c2ccccc2-c2ccc(-n3c4ccccc4c4cc(N(c5ccc(-c6ccccc6)cc5)c5ccc(-c6ccccc6)cc5)ccc43)cc21.c1ccc(-c2ccc(N(c3ccc(-c4ccccc4)cc3)c3ccc(-c4ccc5c(c4)c4ccccc4n5-c4ccccc4)cc3)cc2)cc1. The fourth-order valence-corrected chi connectivity index (χ4v) is 15.6. The summed E-state index contributed by atoms with van der Waals surface area (Å²) in [6, 6.07) is 145. The van der Waals surface area contributed by atoms with E-state index in [9.17, 15) is 0 Å². The molecule has 4 nitrogen and oxygen atoms in total. The standard InChI is InChI=1S/C51H38N2.C48H34N2/c1-51(2)47-19-11-9-17-43(47)44-31-29-42(34-48(44)51)53-49-20-12-10-18-45(49)46-33-41(30-32-50(46)53)52(39-25-21-37(22-26-39)35-13-5-3-6-14-35)40-27-23-38(24-28-40)36-15-7-4-8-16-36;1-4-12-35(13-5-1)37-20-27-42(28-21-37)49(43-29-22-38(23-30-43)36-14-6-2-7-15-36)44-31-24-39(25-32-44)40-26-33-48-46(34-40)45-18-10-11-19-47(45)50(48)41-16-8-3-9-17-41/h3-34H,1-2H3;1-34H. The van der Waals surface area contributed by atoms with Crippen molar-refractivity contribution in [1.82, 2.24) is 9.13 Å². The molecule has 2 heterocycles. The molecule has 0 spiro atoms. The summed E-state index contributed by atoms with van der Waals surface area (Å²) in [6.07, 6.45) is 0. The van der Waals surface area contributed by atoms with Crippen molar-refractivity contribution >= 4 is 77.7 Å². The summed E-state index contributed by atoms with van der Waals surface area (Å²) in [6.45, 7) is 4.71. The molecule has 0 radical (unpaired) electrons. The van der Waals surface area contributed by atoms with Crippen LogP contribution in [0.4, 0.5) is 34.1 Å². The molecule has 0 amide bonds. The minimum absolute atomic E-state index is 0.0690. The molecule has 0 atom stereocenters. The highest BCUT2D eigenvalue weighted by Crippen LogP contribution is 2.50. The van der Waals surface area contributed by atoms with E-state index in [0.717, 1.165) is 34.1 Å². The Morgan fingerprint density at radius 2 is 0.495 bits per heavy atom. The minimum Gasteiger partial charge on any atom is -0.311 e. The van der Waals surface area contributed by atoms with Crippen LogP contribution in [0.25, 0.3) is 122 Å². The molecule has 2 aromatic heterocycles. The summed E-state index contributed by atoms with van der Waals surface area (Å²) in [5.74, 6) is 0. The smallest absolute Gasteiger partial charge is 0.0542 e. The molecule has 19 rings (SSSR count). The quantitative estimate of drug-likeness (QED) is 0.114. The summed E-state index contributed by atoms with van der Waals surface area (Å²) >= 11 is 0. The third kappa shape index (κ3) is 11.5. The molecule has 4 heteroatoms. The van der Waals surface area contributed by atoms with E-state index in [1.54, 1.807) is 0 Å². The van der Waals surface area contributed by atoms with Crippen LogP contribution in [0.5, 0.6) is 0 Å². The number of hydrogen-bond acceptors (Lipinski definition) is 2. The van der Waals surface area contributed by atoms with Gasteiger partial charge in [-0.2, -0.15) is 0 Å². The van der Waals surface area contributed by atoms with Crippen LogP contribution in [-0.4, -0.2) is 9.13 Å². The van der Waals surface area contributed by atoms with Crippen LogP contribution in [0.3, 0.4) is 0 Å². The average molecular weight is 1320 g/mol. The van der Waals surface area contributed by atoms with Gasteiger partial charge in [-0.05, 0) is 205 Å². The first kappa shape index (κ1) is 62.0. The Bertz CT molecular complexity index is 5900. The Balaban J connectivity index is 0.000000147. The Hall–Kier alpha value is -13.3. The lowest BCUT2D eigenvalue weighted by atomic mass is 9.82. The monoisotopic (exact) mass is 1320 g/mol. The second-order valence-corrected chi connectivity index (χ2v) is 27.2. The van der Waals surface area contributed by atoms with Gasteiger partial charge in [-0.25, -0.2) is 0 Å². The molecule has 1 aliphatic carbocycles. The Kier molecular flexibility index (Phi) is 15.9. The molecule has 0 unspecified atom stereocenters. The highest BCUT2D eigenvalue weighted by molar-refractivity contribution is 6.12. The number of hydrogen-bond donors (Lipinski definition) is 0. The van der Waals surface area contributed by atoms with Crippen LogP contribution in [0.1, 0.15) is 25.0 Å². The molecule has 0 saturated carbocycles. The van der Waals surface area contributed by atoms with Crippen LogP contribution < -0.4 is 9.80 Å². The third-order valence-electron chi connectivity index (χ3n) is 20.8. The fraction of sp³-hybridized carbons (Fsp3) is 0.0303. The van der Waals surface area contributed by atoms with Gasteiger partial charge in [-0.15, -0.1) is 0 Å². The van der Waals surface area contributed by atoms with Crippen molar-refractivity contribution in [3.63, 3.8) is 0 Å². The number of aromatic nitrogens is 2. The van der Waals surface area contributed by atoms with Gasteiger partial charge in [0.25, 0.3) is 0 Å². The Morgan fingerprint density at radius 1 is 0.194 bits per heavy atom. The van der Waals surface area contributed by atoms with E-state index < -0.39 is 0 Å². The van der Waals surface area contributed by atoms with E-state index in [1.165, 1.54) is 133 Å². The van der Waals surface area contributed by atoms with Crippen molar-refractivity contribution < 1.29 is 0 Å². The Labute approximate surface area is 601 Å². The van der Waals surface area contributed by atoms with Crippen LogP contribution in [0, 0.1) is 0 Å². The maximum Gasteiger partial charge on any atom is 0.0542 e. The highest BCUT2D eigenvalue weighted by Gasteiger charge is 2.35. The minimum atomic E-state index is -0.0690. The molecular formula is C99H72N4. The van der Waals surface area contributed by atoms with Gasteiger partial charge in [-0.1, -0.05) is 287 Å². The summed E-state index contributed by atoms with van der Waals surface area (Å²) in [4.78, 5) is 4.72. The van der Waals surface area contributed by atoms with Crippen molar-refractivity contribution in [2.24, 2.45) is 0 Å². The lowest BCUT2D eigenvalue weighted by molar-refractivity contribution is 0.660. The van der Waals surface area contributed by atoms with Crippen LogP contribution in [0.2, 0.25) is 0 Å². The molecule has 488 valence electrons. The van der Waals surface area contributed by atoms with Crippen LogP contribution >= 0.6 is 0 Å². The molecule has 18 aromatic rings. The van der Waals surface area contributed by atoms with E-state index in [2.05, 4.69) is 433 Å². The third-order valence-corrected chi connectivity index (χ3v) is 20.8. The predicted molar refractivity (Wildman–Crippen MR) is 436 cm³/mol. The van der Waals surface area contributed by atoms with E-state index in [4.69, 9.17) is 0 Å². The van der Waals surface area contributed by atoms with Gasteiger partial charge in [0.1, 0.15) is 0 Å². The number of fused-ring (bicyclic) bond motifs is 9. The average Bonchev–Trinajstić information content (AvgIpc) is 1.58. The van der Waals surface area contributed by atoms with Gasteiger partial charge in [0, 0.05) is 72.5 Å². The predicted octanol–water partition coefficient (Wildman–Crippen LogP) is 27.1. The molecule has 0 saturated heterocycles. The summed E-state index contributed by atoms with van der Waals surface area (Å²) < 4.78 is 4.81. The molecule has 0 bridgehead atoms. The number of nitrogens with zero attached hydrogens (tertiary/aromatic N) is 4. The lowest BCUT2D eigenvalue weighted by Gasteiger charge is -2.26. The molecule has 1 aliphatic rings. The molecule has 0 fully saturated rings. The first-order valence-corrected chi connectivity index (χ1v) is 35.5. The first-order chi connectivity index (χ1) is 50.8. The largest absolute Gasteiger partial charge is 0.311 e. The van der Waals surface area contributed by atoms with Crippen molar-refractivity contribution in [1.29, 1.82) is 0 Å². The zero-order valence-corrected chi connectivity index (χ0v) is 57.4. The van der Waals surface area contributed by atoms with E-state index in [-0.39, 0.29) is 5.41 Å². The molecule has 16 aromatic carbocycles. The second kappa shape index (κ2) is 26.4. The zero-order valence-electron chi connectivity index (χ0n) is 57.4. The number of benzene rings is 16. The zero-order chi connectivity index (χ0) is 68.8. The van der Waals surface area contributed by atoms with Gasteiger partial charge < -0.3 is 18.9 Å². The van der Waals surface area contributed by atoms with Crippen molar-refractivity contribution in [2.75, 3.05) is 9.80 Å². The maximum absolute atomic E-state index is 2.45. The van der Waals surface area contributed by atoms with Gasteiger partial charge in [-0.3, -0.25) is 0 Å². The molecule has 103 heavy (non-hydrogen) atoms. The second-order valence-electron chi connectivity index (χ2n) is 27.2. The molecule has 0 N–H and O–H groups in total. The lowest BCUT2D eigenvalue weighted by Crippen LogP contribution is -2.15. The van der Waals surface area contributed by atoms with Crippen LogP contribution in [-0.2, 0) is 5.41 Å². The number of para-hydroxylation sites is 3. The Morgan fingerprint density at radius 3 is 0.942 bits per heavy atom. The number of anilines is 6. The normalized spacial score (nSPS) is 12.1. The van der Waals surface area contributed by atoms with Gasteiger partial charge in [0.15, 0.2) is 0 Å².